The van der Waals surface area contributed by atoms with Crippen molar-refractivity contribution in [3.05, 3.63) is 101 Å². The molecule has 0 heterocycles. The fourth-order valence-electron chi connectivity index (χ4n) is 2.55. The van der Waals surface area contributed by atoms with Gasteiger partial charge < -0.3 is 9.47 Å². The van der Waals surface area contributed by atoms with Crippen molar-refractivity contribution in [2.75, 3.05) is 7.11 Å². The quantitative estimate of drug-likeness (QED) is 0.383. The largest absolute Gasteiger partial charge is 0.497 e. The van der Waals surface area contributed by atoms with Gasteiger partial charge in [-0.1, -0.05) is 41.9 Å². The highest BCUT2D eigenvalue weighted by Gasteiger charge is 2.05. The van der Waals surface area contributed by atoms with Crippen LogP contribution in [-0.2, 0) is 6.61 Å². The van der Waals surface area contributed by atoms with Crippen LogP contribution in [0, 0.1) is 0 Å². The zero-order chi connectivity index (χ0) is 19.1. The molecule has 0 spiro atoms. The SMILES string of the molecule is COc1ccc(C(=O)/C=C/c2ccccc2OCc2cccc(Cl)c2)cc1. The van der Waals surface area contributed by atoms with E-state index in [0.717, 1.165) is 16.9 Å². The molecular weight excluding hydrogens is 360 g/mol. The molecule has 4 heteroatoms. The second-order valence-electron chi connectivity index (χ2n) is 5.88. The lowest BCUT2D eigenvalue weighted by Crippen LogP contribution is -1.97. The molecule has 0 aliphatic rings. The zero-order valence-electron chi connectivity index (χ0n) is 14.9. The summed E-state index contributed by atoms with van der Waals surface area (Å²) in [6.07, 6.45) is 3.31. The molecule has 27 heavy (non-hydrogen) atoms. The minimum absolute atomic E-state index is 0.0812. The summed E-state index contributed by atoms with van der Waals surface area (Å²) in [4.78, 5) is 12.4. The molecule has 0 amide bonds. The van der Waals surface area contributed by atoms with Gasteiger partial charge in [-0.05, 0) is 60.2 Å². The molecule has 0 aliphatic heterocycles. The van der Waals surface area contributed by atoms with E-state index in [2.05, 4.69) is 0 Å². The summed E-state index contributed by atoms with van der Waals surface area (Å²) in [6.45, 7) is 0.401. The fourth-order valence-corrected chi connectivity index (χ4v) is 2.77. The predicted molar refractivity (Wildman–Crippen MR) is 109 cm³/mol. The van der Waals surface area contributed by atoms with E-state index in [-0.39, 0.29) is 5.78 Å². The molecule has 3 nitrogen and oxygen atoms in total. The number of rotatable bonds is 7. The summed E-state index contributed by atoms with van der Waals surface area (Å²) in [5.74, 6) is 1.34. The summed E-state index contributed by atoms with van der Waals surface area (Å²) in [7, 11) is 1.59. The number of ether oxygens (including phenoxy) is 2. The summed E-state index contributed by atoms with van der Waals surface area (Å²) in [5, 5.41) is 0.675. The van der Waals surface area contributed by atoms with E-state index in [1.54, 1.807) is 43.5 Å². The summed E-state index contributed by atoms with van der Waals surface area (Å²) >= 11 is 6.01. The molecule has 0 N–H and O–H groups in total. The van der Waals surface area contributed by atoms with Crippen LogP contribution < -0.4 is 9.47 Å². The Morgan fingerprint density at radius 2 is 1.78 bits per heavy atom. The highest BCUT2D eigenvalue weighted by Crippen LogP contribution is 2.22. The highest BCUT2D eigenvalue weighted by atomic mass is 35.5. The van der Waals surface area contributed by atoms with E-state index in [4.69, 9.17) is 21.1 Å². The fraction of sp³-hybridized carbons (Fsp3) is 0.0870. The molecule has 0 unspecified atom stereocenters. The summed E-state index contributed by atoms with van der Waals surface area (Å²) in [6, 6.07) is 22.1. The second-order valence-corrected chi connectivity index (χ2v) is 6.32. The number of para-hydroxylation sites is 1. The van der Waals surface area contributed by atoms with Crippen molar-refractivity contribution < 1.29 is 14.3 Å². The number of halogens is 1. The van der Waals surface area contributed by atoms with Crippen molar-refractivity contribution in [1.29, 1.82) is 0 Å². The number of benzene rings is 3. The first-order valence-electron chi connectivity index (χ1n) is 8.48. The van der Waals surface area contributed by atoms with Crippen molar-refractivity contribution in [2.45, 2.75) is 6.61 Å². The van der Waals surface area contributed by atoms with E-state index < -0.39 is 0 Å². The van der Waals surface area contributed by atoms with Crippen LogP contribution in [0.5, 0.6) is 11.5 Å². The van der Waals surface area contributed by atoms with Crippen LogP contribution in [0.15, 0.2) is 78.9 Å². The van der Waals surface area contributed by atoms with E-state index in [9.17, 15) is 4.79 Å². The van der Waals surface area contributed by atoms with E-state index in [1.165, 1.54) is 0 Å². The number of carbonyl (C=O) groups excluding carboxylic acids is 1. The van der Waals surface area contributed by atoms with Gasteiger partial charge in [0.15, 0.2) is 5.78 Å². The maximum Gasteiger partial charge on any atom is 0.185 e. The first-order valence-corrected chi connectivity index (χ1v) is 8.86. The molecule has 3 aromatic carbocycles. The molecule has 0 saturated carbocycles. The molecule has 3 rings (SSSR count). The number of carbonyl (C=O) groups is 1. The van der Waals surface area contributed by atoms with Gasteiger partial charge in [0.05, 0.1) is 7.11 Å². The second kappa shape index (κ2) is 9.06. The molecule has 0 atom stereocenters. The Hall–Kier alpha value is -3.04. The highest BCUT2D eigenvalue weighted by molar-refractivity contribution is 6.30. The number of methoxy groups -OCH3 is 1. The van der Waals surface area contributed by atoms with Gasteiger partial charge in [-0.2, -0.15) is 0 Å². The Morgan fingerprint density at radius 3 is 2.52 bits per heavy atom. The van der Waals surface area contributed by atoms with Crippen LogP contribution in [0.25, 0.3) is 6.08 Å². The topological polar surface area (TPSA) is 35.5 Å². The van der Waals surface area contributed by atoms with Gasteiger partial charge >= 0.3 is 0 Å². The Balaban J connectivity index is 1.71. The Labute approximate surface area is 163 Å². The number of hydrogen-bond donors (Lipinski definition) is 0. The third kappa shape index (κ3) is 5.22. The average Bonchev–Trinajstić information content (AvgIpc) is 2.71. The smallest absolute Gasteiger partial charge is 0.185 e. The van der Waals surface area contributed by atoms with Gasteiger partial charge in [-0.15, -0.1) is 0 Å². The number of allylic oxidation sites excluding steroid dienone is 1. The van der Waals surface area contributed by atoms with Crippen LogP contribution in [-0.4, -0.2) is 12.9 Å². The Bertz CT molecular complexity index is 946. The van der Waals surface area contributed by atoms with Crippen molar-refractivity contribution in [2.24, 2.45) is 0 Å². The summed E-state index contributed by atoms with van der Waals surface area (Å²) in [5.41, 5.74) is 2.42. The molecule has 0 saturated heterocycles. The van der Waals surface area contributed by atoms with Gasteiger partial charge in [-0.3, -0.25) is 4.79 Å². The van der Waals surface area contributed by atoms with Crippen molar-refractivity contribution in [3.63, 3.8) is 0 Å². The monoisotopic (exact) mass is 378 g/mol. The standard InChI is InChI=1S/C23H19ClO3/c1-26-21-12-9-18(10-13-21)22(25)14-11-19-6-2-3-8-23(19)27-16-17-5-4-7-20(24)15-17/h2-15H,16H2,1H3/b14-11+. The van der Waals surface area contributed by atoms with Gasteiger partial charge in [0.2, 0.25) is 0 Å². The molecule has 0 fully saturated rings. The van der Waals surface area contributed by atoms with Gasteiger partial charge in [-0.25, -0.2) is 0 Å². The first kappa shape index (κ1) is 18.7. The number of hydrogen-bond acceptors (Lipinski definition) is 3. The molecular formula is C23H19ClO3. The minimum atomic E-state index is -0.0812. The predicted octanol–water partition coefficient (Wildman–Crippen LogP) is 5.82. The van der Waals surface area contributed by atoms with Crippen LogP contribution in [0.4, 0.5) is 0 Å². The van der Waals surface area contributed by atoms with E-state index in [0.29, 0.717) is 22.9 Å². The Kier molecular flexibility index (Phi) is 6.29. The molecule has 136 valence electrons. The van der Waals surface area contributed by atoms with Crippen molar-refractivity contribution in [3.8, 4) is 11.5 Å². The Morgan fingerprint density at radius 1 is 1.00 bits per heavy atom. The zero-order valence-corrected chi connectivity index (χ0v) is 15.6. The first-order chi connectivity index (χ1) is 13.2. The van der Waals surface area contributed by atoms with Crippen molar-refractivity contribution in [1.82, 2.24) is 0 Å². The van der Waals surface area contributed by atoms with Gasteiger partial charge in [0.25, 0.3) is 0 Å². The van der Waals surface area contributed by atoms with Crippen LogP contribution in [0.3, 0.4) is 0 Å². The normalized spacial score (nSPS) is 10.7. The molecule has 3 aromatic rings. The van der Waals surface area contributed by atoms with E-state index >= 15 is 0 Å². The van der Waals surface area contributed by atoms with Crippen LogP contribution >= 0.6 is 11.6 Å². The lowest BCUT2D eigenvalue weighted by Gasteiger charge is -2.09. The van der Waals surface area contributed by atoms with Crippen LogP contribution in [0.1, 0.15) is 21.5 Å². The minimum Gasteiger partial charge on any atom is -0.497 e. The lowest BCUT2D eigenvalue weighted by molar-refractivity contribution is 0.104. The lowest BCUT2D eigenvalue weighted by atomic mass is 10.1. The molecule has 0 bridgehead atoms. The third-order valence-electron chi connectivity index (χ3n) is 3.99. The van der Waals surface area contributed by atoms with Crippen LogP contribution in [0.2, 0.25) is 5.02 Å². The maximum absolute atomic E-state index is 12.4. The average molecular weight is 379 g/mol. The molecule has 0 radical (unpaired) electrons. The molecule has 0 aliphatic carbocycles. The van der Waals surface area contributed by atoms with Crippen molar-refractivity contribution >= 4 is 23.5 Å². The third-order valence-corrected chi connectivity index (χ3v) is 4.23. The number of ketones is 1. The summed E-state index contributed by atoms with van der Waals surface area (Å²) < 4.78 is 11.0. The maximum atomic E-state index is 12.4. The molecule has 0 aromatic heterocycles. The van der Waals surface area contributed by atoms with Gasteiger partial charge in [0.1, 0.15) is 18.1 Å². The van der Waals surface area contributed by atoms with E-state index in [1.807, 2.05) is 48.5 Å². The van der Waals surface area contributed by atoms with Gasteiger partial charge in [0, 0.05) is 16.1 Å².